The molecule has 170 valence electrons. The number of hydrogen-bond donors (Lipinski definition) is 0. The van der Waals surface area contributed by atoms with Gasteiger partial charge in [-0.25, -0.2) is 8.42 Å². The number of carbonyl (C=O) groups is 1. The van der Waals surface area contributed by atoms with Crippen LogP contribution >= 0.6 is 11.8 Å². The number of rotatable bonds is 7. The molecule has 2 atom stereocenters. The van der Waals surface area contributed by atoms with Crippen molar-refractivity contribution < 1.29 is 17.9 Å². The van der Waals surface area contributed by atoms with Crippen LogP contribution in [-0.2, 0) is 21.1 Å². The lowest BCUT2D eigenvalue weighted by Crippen LogP contribution is -2.37. The average Bonchev–Trinajstić information content (AvgIpc) is 3.19. The molecule has 2 aromatic rings. The Bertz CT molecular complexity index is 1130. The molecule has 0 aromatic heterocycles. The number of anilines is 1. The van der Waals surface area contributed by atoms with Crippen LogP contribution in [-0.4, -0.2) is 48.9 Å². The normalized spacial score (nSPS) is 22.8. The topological polar surface area (TPSA) is 76.0 Å². The maximum Gasteiger partial charge on any atom is 0.252 e. The lowest BCUT2D eigenvalue weighted by molar-refractivity contribution is -0.117. The fraction of sp³-hybridized carbons (Fsp3) is 0.417. The molecule has 0 unspecified atom stereocenters. The van der Waals surface area contributed by atoms with E-state index in [1.807, 2.05) is 60.4 Å². The minimum atomic E-state index is -3.11. The molecule has 4 rings (SSSR count). The summed E-state index contributed by atoms with van der Waals surface area (Å²) in [6, 6.07) is 15.2. The van der Waals surface area contributed by atoms with E-state index < -0.39 is 9.84 Å². The van der Waals surface area contributed by atoms with E-state index in [9.17, 15) is 13.2 Å². The second-order valence-electron chi connectivity index (χ2n) is 8.32. The van der Waals surface area contributed by atoms with E-state index in [2.05, 4.69) is 11.9 Å². The van der Waals surface area contributed by atoms with E-state index in [1.165, 1.54) is 11.8 Å². The van der Waals surface area contributed by atoms with Crippen molar-refractivity contribution >= 4 is 38.4 Å². The van der Waals surface area contributed by atoms with Gasteiger partial charge in [0, 0.05) is 17.0 Å². The molecule has 0 aliphatic carbocycles. The Morgan fingerprint density at radius 1 is 1.19 bits per heavy atom. The third kappa shape index (κ3) is 5.35. The van der Waals surface area contributed by atoms with Gasteiger partial charge in [0.1, 0.15) is 5.75 Å². The Labute approximate surface area is 194 Å². The van der Waals surface area contributed by atoms with Crippen LogP contribution in [0.5, 0.6) is 5.75 Å². The SMILES string of the molecule is CCCCOc1cccc(N2C(=NC(=O)Cc3cccc(C)c3)S[C@H]3CS(=O)(=O)C[C@H]32)c1. The number of thioether (sulfide) groups is 1. The number of amides is 1. The molecule has 2 aliphatic heterocycles. The lowest BCUT2D eigenvalue weighted by Gasteiger charge is -2.25. The number of hydrogen-bond acceptors (Lipinski definition) is 5. The van der Waals surface area contributed by atoms with Gasteiger partial charge in [-0.3, -0.25) is 4.79 Å². The molecule has 8 heteroatoms. The van der Waals surface area contributed by atoms with Crippen molar-refractivity contribution in [2.24, 2.45) is 4.99 Å². The number of unbranched alkanes of at least 4 members (excludes halogenated alkanes) is 1. The van der Waals surface area contributed by atoms with Crippen LogP contribution in [0.4, 0.5) is 5.69 Å². The van der Waals surface area contributed by atoms with E-state index in [4.69, 9.17) is 4.74 Å². The molecule has 2 fully saturated rings. The van der Waals surface area contributed by atoms with Gasteiger partial charge < -0.3 is 9.64 Å². The molecule has 1 amide bonds. The molecule has 6 nitrogen and oxygen atoms in total. The number of carbonyl (C=O) groups excluding carboxylic acids is 1. The maximum atomic E-state index is 12.8. The first-order valence-corrected chi connectivity index (χ1v) is 13.6. The number of amidine groups is 1. The highest BCUT2D eigenvalue weighted by atomic mass is 32.2. The second-order valence-corrected chi connectivity index (χ2v) is 11.7. The monoisotopic (exact) mass is 472 g/mol. The van der Waals surface area contributed by atoms with Crippen LogP contribution in [0.15, 0.2) is 53.5 Å². The standard InChI is InChI=1S/C24H28N2O4S2/c1-3-4-11-30-20-10-6-9-19(14-20)26-21-15-32(28,29)16-22(21)31-24(26)25-23(27)13-18-8-5-7-17(2)12-18/h5-10,12,14,21-22H,3-4,11,13,15-16H2,1-2H3/t21-,22+/m1/s1. The van der Waals surface area contributed by atoms with Crippen LogP contribution in [0.3, 0.4) is 0 Å². The van der Waals surface area contributed by atoms with Crippen molar-refractivity contribution in [3.63, 3.8) is 0 Å². The van der Waals surface area contributed by atoms with Gasteiger partial charge in [-0.05, 0) is 31.0 Å². The van der Waals surface area contributed by atoms with Gasteiger partial charge in [0.2, 0.25) is 0 Å². The highest BCUT2D eigenvalue weighted by molar-refractivity contribution is 8.16. The summed E-state index contributed by atoms with van der Waals surface area (Å²) in [5.41, 5.74) is 2.82. The Balaban J connectivity index is 1.61. The number of sulfone groups is 1. The molecule has 32 heavy (non-hydrogen) atoms. The summed E-state index contributed by atoms with van der Waals surface area (Å²) in [5.74, 6) is 0.671. The molecular formula is C24H28N2O4S2. The number of fused-ring (bicyclic) bond motifs is 1. The third-order valence-electron chi connectivity index (χ3n) is 5.59. The fourth-order valence-electron chi connectivity index (χ4n) is 4.07. The molecule has 0 saturated carbocycles. The predicted molar refractivity (Wildman–Crippen MR) is 130 cm³/mol. The molecule has 0 radical (unpaired) electrons. The average molecular weight is 473 g/mol. The highest BCUT2D eigenvalue weighted by Crippen LogP contribution is 2.41. The molecule has 2 heterocycles. The van der Waals surface area contributed by atoms with Crippen LogP contribution in [0, 0.1) is 6.92 Å². The zero-order chi connectivity index (χ0) is 22.7. The van der Waals surface area contributed by atoms with Crippen molar-refractivity contribution in [3.05, 3.63) is 59.7 Å². The largest absolute Gasteiger partial charge is 0.494 e. The molecule has 2 saturated heterocycles. The van der Waals surface area contributed by atoms with Crippen molar-refractivity contribution in [3.8, 4) is 5.75 Å². The number of aliphatic imine (C=N–C) groups is 1. The zero-order valence-electron chi connectivity index (χ0n) is 18.4. The summed E-state index contributed by atoms with van der Waals surface area (Å²) in [5, 5.41) is 0.438. The second kappa shape index (κ2) is 9.67. The minimum Gasteiger partial charge on any atom is -0.494 e. The quantitative estimate of drug-likeness (QED) is 0.567. The summed E-state index contributed by atoms with van der Waals surface area (Å²) in [4.78, 5) is 19.1. The summed E-state index contributed by atoms with van der Waals surface area (Å²) >= 11 is 1.39. The minimum absolute atomic E-state index is 0.0661. The van der Waals surface area contributed by atoms with Crippen molar-refractivity contribution in [1.29, 1.82) is 0 Å². The Morgan fingerprint density at radius 3 is 2.78 bits per heavy atom. The van der Waals surface area contributed by atoms with Gasteiger partial charge in [-0.2, -0.15) is 4.99 Å². The van der Waals surface area contributed by atoms with Crippen molar-refractivity contribution in [2.75, 3.05) is 23.0 Å². The van der Waals surface area contributed by atoms with Gasteiger partial charge in [0.25, 0.3) is 5.91 Å². The van der Waals surface area contributed by atoms with Crippen LogP contribution in [0.1, 0.15) is 30.9 Å². The third-order valence-corrected chi connectivity index (χ3v) is 8.80. The van der Waals surface area contributed by atoms with Gasteiger partial charge in [-0.1, -0.05) is 61.0 Å². The number of ether oxygens (including phenoxy) is 1. The maximum absolute atomic E-state index is 12.8. The fourth-order valence-corrected chi connectivity index (χ4v) is 8.00. The van der Waals surface area contributed by atoms with Gasteiger partial charge >= 0.3 is 0 Å². The summed E-state index contributed by atoms with van der Waals surface area (Å²) in [6.07, 6.45) is 2.23. The highest BCUT2D eigenvalue weighted by Gasteiger charge is 2.49. The first-order chi connectivity index (χ1) is 15.3. The Kier molecular flexibility index (Phi) is 6.90. The summed E-state index contributed by atoms with van der Waals surface area (Å²) in [7, 11) is -3.11. The zero-order valence-corrected chi connectivity index (χ0v) is 20.0. The first-order valence-electron chi connectivity index (χ1n) is 10.9. The van der Waals surface area contributed by atoms with Crippen molar-refractivity contribution in [2.45, 2.75) is 44.4 Å². The van der Waals surface area contributed by atoms with E-state index in [0.29, 0.717) is 11.8 Å². The lowest BCUT2D eigenvalue weighted by atomic mass is 10.1. The van der Waals surface area contributed by atoms with E-state index in [-0.39, 0.29) is 35.1 Å². The smallest absolute Gasteiger partial charge is 0.252 e. The van der Waals surface area contributed by atoms with Crippen LogP contribution < -0.4 is 9.64 Å². The van der Waals surface area contributed by atoms with E-state index in [1.54, 1.807) is 0 Å². The molecule has 2 aromatic carbocycles. The Hall–Kier alpha value is -2.32. The van der Waals surface area contributed by atoms with Gasteiger partial charge in [0.05, 0.1) is 30.6 Å². The predicted octanol–water partition coefficient (Wildman–Crippen LogP) is 4.02. The van der Waals surface area contributed by atoms with Crippen LogP contribution in [0.2, 0.25) is 0 Å². The van der Waals surface area contributed by atoms with Crippen LogP contribution in [0.25, 0.3) is 0 Å². The van der Waals surface area contributed by atoms with Gasteiger partial charge in [0.15, 0.2) is 15.0 Å². The number of benzene rings is 2. The Morgan fingerprint density at radius 2 is 2.00 bits per heavy atom. The molecular weight excluding hydrogens is 444 g/mol. The summed E-state index contributed by atoms with van der Waals surface area (Å²) < 4.78 is 30.4. The molecule has 0 spiro atoms. The first kappa shape index (κ1) is 22.9. The summed E-state index contributed by atoms with van der Waals surface area (Å²) in [6.45, 7) is 4.73. The number of aryl methyl sites for hydroxylation is 1. The van der Waals surface area contributed by atoms with Gasteiger partial charge in [-0.15, -0.1) is 0 Å². The molecule has 0 N–H and O–H groups in total. The van der Waals surface area contributed by atoms with E-state index >= 15 is 0 Å². The van der Waals surface area contributed by atoms with E-state index in [0.717, 1.165) is 35.4 Å². The molecule has 2 aliphatic rings. The van der Waals surface area contributed by atoms with Crippen molar-refractivity contribution in [1.82, 2.24) is 0 Å². The molecule has 0 bridgehead atoms. The number of nitrogens with zero attached hydrogens (tertiary/aromatic N) is 2.